The van der Waals surface area contributed by atoms with Crippen molar-refractivity contribution in [3.8, 4) is 11.5 Å². The van der Waals surface area contributed by atoms with Gasteiger partial charge in [0.15, 0.2) is 0 Å². The SMILES string of the molecule is O=S1(=O)CCN2CCC[C@@H](c3ccc(Oc4cc(C(F)(F)F)ccc4Cl)cc3)C2=N1. The third kappa shape index (κ3) is 4.41. The monoisotopic (exact) mass is 458 g/mol. The largest absolute Gasteiger partial charge is 0.456 e. The number of piperidine rings is 1. The number of fused-ring (bicyclic) bond motifs is 1. The van der Waals surface area contributed by atoms with Gasteiger partial charge in [0, 0.05) is 19.0 Å². The average Bonchev–Trinajstić information content (AvgIpc) is 2.68. The van der Waals surface area contributed by atoms with Crippen LogP contribution in [0.1, 0.15) is 29.9 Å². The van der Waals surface area contributed by atoms with Gasteiger partial charge < -0.3 is 9.64 Å². The Labute approximate surface area is 177 Å². The van der Waals surface area contributed by atoms with E-state index in [9.17, 15) is 21.6 Å². The Morgan fingerprint density at radius 1 is 1.10 bits per heavy atom. The smallest absolute Gasteiger partial charge is 0.416 e. The van der Waals surface area contributed by atoms with Crippen molar-refractivity contribution >= 4 is 27.5 Å². The summed E-state index contributed by atoms with van der Waals surface area (Å²) in [6.07, 6.45) is -2.81. The second-order valence-corrected chi connectivity index (χ2v) is 9.39. The minimum Gasteiger partial charge on any atom is -0.456 e. The molecule has 1 fully saturated rings. The van der Waals surface area contributed by atoms with E-state index in [4.69, 9.17) is 16.3 Å². The van der Waals surface area contributed by atoms with Gasteiger partial charge in [-0.05, 0) is 48.7 Å². The standard InChI is InChI=1S/C20H18ClF3N2O3S/c21-17-8-5-14(20(22,23)24)12-18(17)29-15-6-3-13(4-7-15)16-2-1-9-26-10-11-30(27,28)25-19(16)26/h3-8,12,16H,1-2,9-11H2/t16-/m0/s1. The lowest BCUT2D eigenvalue weighted by Gasteiger charge is -2.37. The van der Waals surface area contributed by atoms with Crippen molar-refractivity contribution in [2.45, 2.75) is 24.9 Å². The van der Waals surface area contributed by atoms with Gasteiger partial charge in [0.05, 0.1) is 16.3 Å². The summed E-state index contributed by atoms with van der Waals surface area (Å²) < 4.78 is 72.2. The molecular formula is C20H18ClF3N2O3S. The van der Waals surface area contributed by atoms with Crippen molar-refractivity contribution in [3.63, 3.8) is 0 Å². The topological polar surface area (TPSA) is 59.0 Å². The van der Waals surface area contributed by atoms with Crippen LogP contribution in [0.25, 0.3) is 0 Å². The summed E-state index contributed by atoms with van der Waals surface area (Å²) in [5.74, 6) is 0.659. The Bertz CT molecular complexity index is 1090. The zero-order chi connectivity index (χ0) is 21.5. The summed E-state index contributed by atoms with van der Waals surface area (Å²) in [4.78, 5) is 2.00. The van der Waals surface area contributed by atoms with Crippen molar-refractivity contribution < 1.29 is 26.3 Å². The summed E-state index contributed by atoms with van der Waals surface area (Å²) in [6, 6.07) is 9.70. The lowest BCUT2D eigenvalue weighted by Crippen LogP contribution is -2.46. The highest BCUT2D eigenvalue weighted by Gasteiger charge is 2.34. The summed E-state index contributed by atoms with van der Waals surface area (Å²) in [6.45, 7) is 1.22. The van der Waals surface area contributed by atoms with Crippen LogP contribution in [0.5, 0.6) is 11.5 Å². The first-order valence-corrected chi connectivity index (χ1v) is 11.3. The molecule has 2 aromatic rings. The molecule has 2 aromatic carbocycles. The molecule has 5 nitrogen and oxygen atoms in total. The lowest BCUT2D eigenvalue weighted by molar-refractivity contribution is -0.137. The highest BCUT2D eigenvalue weighted by atomic mass is 35.5. The number of sulfonamides is 1. The van der Waals surface area contributed by atoms with Gasteiger partial charge in [-0.15, -0.1) is 4.40 Å². The fourth-order valence-electron chi connectivity index (χ4n) is 3.68. The van der Waals surface area contributed by atoms with Gasteiger partial charge in [-0.25, -0.2) is 8.42 Å². The molecule has 1 atom stereocenters. The molecule has 0 spiro atoms. The number of hydrogen-bond acceptors (Lipinski definition) is 4. The second-order valence-electron chi connectivity index (χ2n) is 7.23. The number of benzene rings is 2. The van der Waals surface area contributed by atoms with E-state index in [1.54, 1.807) is 24.3 Å². The quantitative estimate of drug-likeness (QED) is 0.644. The summed E-state index contributed by atoms with van der Waals surface area (Å²) in [5, 5.41) is 0.0665. The minimum atomic E-state index is -4.50. The molecule has 0 bridgehead atoms. The van der Waals surface area contributed by atoms with E-state index in [0.717, 1.165) is 43.1 Å². The first-order valence-electron chi connectivity index (χ1n) is 9.34. The van der Waals surface area contributed by atoms with Crippen molar-refractivity contribution in [1.29, 1.82) is 0 Å². The fraction of sp³-hybridized carbons (Fsp3) is 0.350. The van der Waals surface area contributed by atoms with Crippen LogP contribution < -0.4 is 4.74 Å². The van der Waals surface area contributed by atoms with E-state index >= 15 is 0 Å². The maximum Gasteiger partial charge on any atom is 0.416 e. The Balaban J connectivity index is 1.57. The molecule has 4 rings (SSSR count). The highest BCUT2D eigenvalue weighted by molar-refractivity contribution is 7.90. The van der Waals surface area contributed by atoms with Gasteiger partial charge in [-0.3, -0.25) is 0 Å². The first kappa shape index (κ1) is 21.0. The van der Waals surface area contributed by atoms with E-state index in [2.05, 4.69) is 4.40 Å². The van der Waals surface area contributed by atoms with Gasteiger partial charge in [0.2, 0.25) is 0 Å². The Kier molecular flexibility index (Phi) is 5.44. The minimum absolute atomic E-state index is 0.0216. The van der Waals surface area contributed by atoms with Gasteiger partial charge >= 0.3 is 6.18 Å². The van der Waals surface area contributed by atoms with Crippen LogP contribution in [0, 0.1) is 0 Å². The number of alkyl halides is 3. The maximum atomic E-state index is 12.9. The van der Waals surface area contributed by atoms with Crippen LogP contribution in [0.4, 0.5) is 13.2 Å². The zero-order valence-electron chi connectivity index (χ0n) is 15.7. The molecule has 2 heterocycles. The van der Waals surface area contributed by atoms with E-state index < -0.39 is 21.8 Å². The Morgan fingerprint density at radius 2 is 1.83 bits per heavy atom. The molecule has 0 unspecified atom stereocenters. The van der Waals surface area contributed by atoms with Crippen LogP contribution in [0.2, 0.25) is 5.02 Å². The third-order valence-electron chi connectivity index (χ3n) is 5.18. The summed E-state index contributed by atoms with van der Waals surface area (Å²) in [5.41, 5.74) is 0.0235. The van der Waals surface area contributed by atoms with Crippen molar-refractivity contribution in [3.05, 3.63) is 58.6 Å². The molecule has 0 N–H and O–H groups in total. The Hall–Kier alpha value is -2.26. The molecule has 160 valence electrons. The van der Waals surface area contributed by atoms with Gasteiger partial charge in [-0.2, -0.15) is 13.2 Å². The fourth-order valence-corrected chi connectivity index (χ4v) is 4.91. The molecule has 30 heavy (non-hydrogen) atoms. The molecule has 10 heteroatoms. The molecule has 0 saturated carbocycles. The van der Waals surface area contributed by atoms with Crippen LogP contribution in [0.15, 0.2) is 46.9 Å². The molecule has 1 saturated heterocycles. The van der Waals surface area contributed by atoms with E-state index in [1.165, 1.54) is 0 Å². The predicted octanol–water partition coefficient (Wildman–Crippen LogP) is 5.07. The molecule has 0 aliphatic carbocycles. The zero-order valence-corrected chi connectivity index (χ0v) is 17.3. The van der Waals surface area contributed by atoms with E-state index in [-0.39, 0.29) is 22.4 Å². The molecule has 2 aliphatic heterocycles. The Morgan fingerprint density at radius 3 is 2.53 bits per heavy atom. The summed E-state index contributed by atoms with van der Waals surface area (Å²) >= 11 is 5.98. The number of ether oxygens (including phenoxy) is 1. The van der Waals surface area contributed by atoms with Crippen LogP contribution in [0.3, 0.4) is 0 Å². The number of rotatable bonds is 3. The number of nitrogens with zero attached hydrogens (tertiary/aromatic N) is 2. The normalized spacial score (nSPS) is 21.0. The highest BCUT2D eigenvalue weighted by Crippen LogP contribution is 2.38. The van der Waals surface area contributed by atoms with Crippen LogP contribution in [-0.2, 0) is 16.2 Å². The van der Waals surface area contributed by atoms with Crippen molar-refractivity contribution in [2.75, 3.05) is 18.8 Å². The summed E-state index contributed by atoms with van der Waals surface area (Å²) in [7, 11) is -3.45. The number of amidine groups is 1. The van der Waals surface area contributed by atoms with Gasteiger partial charge in [-0.1, -0.05) is 23.7 Å². The van der Waals surface area contributed by atoms with E-state index in [1.807, 2.05) is 4.90 Å². The molecule has 0 amide bonds. The van der Waals surface area contributed by atoms with Gasteiger partial charge in [0.25, 0.3) is 10.0 Å². The van der Waals surface area contributed by atoms with E-state index in [0.29, 0.717) is 18.1 Å². The average molecular weight is 459 g/mol. The predicted molar refractivity (Wildman–Crippen MR) is 108 cm³/mol. The van der Waals surface area contributed by atoms with Gasteiger partial charge in [0.1, 0.15) is 17.3 Å². The third-order valence-corrected chi connectivity index (χ3v) is 6.65. The molecular weight excluding hydrogens is 441 g/mol. The second kappa shape index (κ2) is 7.77. The lowest BCUT2D eigenvalue weighted by atomic mass is 9.89. The number of hydrogen-bond donors (Lipinski definition) is 0. The molecule has 0 aromatic heterocycles. The van der Waals surface area contributed by atoms with Crippen LogP contribution >= 0.6 is 11.6 Å². The maximum absolute atomic E-state index is 12.9. The molecule has 2 aliphatic rings. The van der Waals surface area contributed by atoms with Crippen molar-refractivity contribution in [1.82, 2.24) is 4.90 Å². The van der Waals surface area contributed by atoms with Crippen LogP contribution in [-0.4, -0.2) is 38.0 Å². The molecule has 0 radical (unpaired) electrons. The van der Waals surface area contributed by atoms with Crippen molar-refractivity contribution in [2.24, 2.45) is 4.40 Å². The number of halogens is 4. The first-order chi connectivity index (χ1) is 14.1.